The van der Waals surface area contributed by atoms with E-state index in [1.807, 2.05) is 0 Å². The molecule has 1 saturated heterocycles. The minimum absolute atomic E-state index is 0.0138. The van der Waals surface area contributed by atoms with Crippen molar-refractivity contribution in [1.29, 1.82) is 0 Å². The molecular weight excluding hydrogens is 592 g/mol. The molecule has 4 fully saturated rings. The van der Waals surface area contributed by atoms with Gasteiger partial charge >= 0.3 is 29.8 Å². The standard InChI is InChI=1S/C36H56O10/c1-11-24(18(2)3)32(45-23(8)40)31(44-22(7)39)19(4)25-12-13-26-33-27(14-15-35(25,26)9)36(10)17-30(43-21(6)38)29(42-20(5)37)16-28(36)34(41)46-33/h18-19,24-33H,11-17H2,1-10H3/t19-,24-,25+,26-,27-,28?,29-,30+,31-,32-,33-,35+,36+/m0/s1. The minimum atomic E-state index is -0.699. The summed E-state index contributed by atoms with van der Waals surface area (Å²) in [6.45, 7) is 18.3. The van der Waals surface area contributed by atoms with Gasteiger partial charge in [-0.25, -0.2) is 0 Å². The fourth-order valence-electron chi connectivity index (χ4n) is 10.4. The molecule has 10 nitrogen and oxygen atoms in total. The van der Waals surface area contributed by atoms with Crippen LogP contribution in [-0.2, 0) is 47.7 Å². The molecule has 13 atom stereocenters. The van der Waals surface area contributed by atoms with Gasteiger partial charge in [0.25, 0.3) is 0 Å². The molecule has 3 aliphatic carbocycles. The largest absolute Gasteiger partial charge is 0.462 e. The third-order valence-corrected chi connectivity index (χ3v) is 12.4. The highest BCUT2D eigenvalue weighted by molar-refractivity contribution is 5.75. The lowest BCUT2D eigenvalue weighted by atomic mass is 9.49. The van der Waals surface area contributed by atoms with E-state index in [2.05, 4.69) is 41.5 Å². The number of hydrogen-bond donors (Lipinski definition) is 0. The second kappa shape index (κ2) is 13.8. The summed E-state index contributed by atoms with van der Waals surface area (Å²) in [6, 6.07) is 0. The van der Waals surface area contributed by atoms with Gasteiger partial charge in [-0.15, -0.1) is 0 Å². The normalized spacial score (nSPS) is 37.7. The van der Waals surface area contributed by atoms with E-state index in [0.717, 1.165) is 32.1 Å². The summed E-state index contributed by atoms with van der Waals surface area (Å²) in [6.07, 6.45) is 2.08. The lowest BCUT2D eigenvalue weighted by Crippen LogP contribution is -2.63. The number of fused-ring (bicyclic) bond motifs is 5. The zero-order valence-corrected chi connectivity index (χ0v) is 29.5. The molecule has 0 N–H and O–H groups in total. The fourth-order valence-corrected chi connectivity index (χ4v) is 10.4. The third kappa shape index (κ3) is 6.82. The number of esters is 5. The predicted octanol–water partition coefficient (Wildman–Crippen LogP) is 5.82. The maximum absolute atomic E-state index is 13.8. The smallest absolute Gasteiger partial charge is 0.309 e. The van der Waals surface area contributed by atoms with E-state index in [1.54, 1.807) is 0 Å². The van der Waals surface area contributed by atoms with E-state index in [4.69, 9.17) is 23.7 Å². The molecule has 4 aliphatic rings. The van der Waals surface area contributed by atoms with E-state index in [0.29, 0.717) is 6.42 Å². The Morgan fingerprint density at radius 1 is 0.804 bits per heavy atom. The molecule has 260 valence electrons. The highest BCUT2D eigenvalue weighted by Crippen LogP contribution is 2.66. The van der Waals surface area contributed by atoms with Crippen LogP contribution >= 0.6 is 0 Å². The quantitative estimate of drug-likeness (QED) is 0.211. The molecule has 0 aromatic rings. The monoisotopic (exact) mass is 648 g/mol. The predicted molar refractivity (Wildman–Crippen MR) is 168 cm³/mol. The summed E-state index contributed by atoms with van der Waals surface area (Å²) in [4.78, 5) is 62.6. The van der Waals surface area contributed by atoms with Gasteiger partial charge in [0.2, 0.25) is 0 Å². The molecule has 4 rings (SSSR count). The highest BCUT2D eigenvalue weighted by Gasteiger charge is 2.66. The Hall–Kier alpha value is -2.65. The topological polar surface area (TPSA) is 132 Å². The van der Waals surface area contributed by atoms with Crippen LogP contribution in [-0.4, -0.2) is 60.4 Å². The number of rotatable bonds is 10. The highest BCUT2D eigenvalue weighted by atomic mass is 16.6. The summed E-state index contributed by atoms with van der Waals surface area (Å²) < 4.78 is 29.6. The molecule has 0 bridgehead atoms. The molecule has 0 aromatic heterocycles. The van der Waals surface area contributed by atoms with Gasteiger partial charge in [0.15, 0.2) is 0 Å². The Labute approximate surface area is 274 Å². The van der Waals surface area contributed by atoms with E-state index in [1.165, 1.54) is 27.7 Å². The Morgan fingerprint density at radius 2 is 1.37 bits per heavy atom. The average molecular weight is 649 g/mol. The molecule has 1 heterocycles. The van der Waals surface area contributed by atoms with Crippen LogP contribution in [0.1, 0.15) is 114 Å². The third-order valence-electron chi connectivity index (χ3n) is 12.4. The van der Waals surface area contributed by atoms with Crippen LogP contribution in [0.2, 0.25) is 0 Å². The Balaban J connectivity index is 1.64. The number of carbonyl (C=O) groups excluding carboxylic acids is 5. The zero-order chi connectivity index (χ0) is 34.3. The van der Waals surface area contributed by atoms with Crippen molar-refractivity contribution in [2.24, 2.45) is 52.3 Å². The molecule has 1 aliphatic heterocycles. The Bertz CT molecular complexity index is 1180. The van der Waals surface area contributed by atoms with Crippen LogP contribution in [0.5, 0.6) is 0 Å². The molecule has 3 saturated carbocycles. The van der Waals surface area contributed by atoms with Crippen molar-refractivity contribution in [3.05, 3.63) is 0 Å². The van der Waals surface area contributed by atoms with Gasteiger partial charge in [0, 0.05) is 57.8 Å². The van der Waals surface area contributed by atoms with Crippen LogP contribution in [0, 0.1) is 52.3 Å². The van der Waals surface area contributed by atoms with E-state index in [-0.39, 0.29) is 59.4 Å². The van der Waals surface area contributed by atoms with E-state index >= 15 is 0 Å². The van der Waals surface area contributed by atoms with Gasteiger partial charge in [0.05, 0.1) is 5.92 Å². The van der Waals surface area contributed by atoms with Gasteiger partial charge in [-0.2, -0.15) is 0 Å². The van der Waals surface area contributed by atoms with Crippen molar-refractivity contribution in [1.82, 2.24) is 0 Å². The summed E-state index contributed by atoms with van der Waals surface area (Å²) in [5, 5.41) is 0. The zero-order valence-electron chi connectivity index (χ0n) is 29.5. The molecular formula is C36H56O10. The van der Waals surface area contributed by atoms with E-state index < -0.39 is 59.6 Å². The Kier molecular flexibility index (Phi) is 10.9. The summed E-state index contributed by atoms with van der Waals surface area (Å²) in [7, 11) is 0. The van der Waals surface area contributed by atoms with Crippen molar-refractivity contribution in [2.75, 3.05) is 0 Å². The molecule has 0 aromatic carbocycles. The number of ether oxygens (including phenoxy) is 5. The maximum atomic E-state index is 13.8. The van der Waals surface area contributed by atoms with Crippen molar-refractivity contribution in [3.63, 3.8) is 0 Å². The van der Waals surface area contributed by atoms with Crippen molar-refractivity contribution < 1.29 is 47.7 Å². The van der Waals surface area contributed by atoms with Crippen LogP contribution in [0.3, 0.4) is 0 Å². The lowest BCUT2D eigenvalue weighted by Gasteiger charge is -2.60. The lowest BCUT2D eigenvalue weighted by molar-refractivity contribution is -0.232. The Morgan fingerprint density at radius 3 is 1.91 bits per heavy atom. The maximum Gasteiger partial charge on any atom is 0.309 e. The van der Waals surface area contributed by atoms with Gasteiger partial charge < -0.3 is 23.7 Å². The fraction of sp³-hybridized carbons (Fsp3) is 0.861. The summed E-state index contributed by atoms with van der Waals surface area (Å²) >= 11 is 0. The molecule has 10 heteroatoms. The van der Waals surface area contributed by atoms with Crippen LogP contribution in [0.25, 0.3) is 0 Å². The molecule has 46 heavy (non-hydrogen) atoms. The van der Waals surface area contributed by atoms with Crippen LogP contribution < -0.4 is 0 Å². The SMILES string of the molecule is CC[C@@H](C(C)C)[C@H](OC(C)=O)[C@@H](OC(C)=O)[C@@H](C)[C@H]1CC[C@H]2[C@@H]3OC(=O)C4C[C@H](OC(C)=O)[C@H](OC(C)=O)C[C@]4(C)[C@H]3CC[C@]12C. The van der Waals surface area contributed by atoms with Crippen molar-refractivity contribution in [3.8, 4) is 0 Å². The van der Waals surface area contributed by atoms with Gasteiger partial charge in [-0.1, -0.05) is 41.5 Å². The molecule has 0 amide bonds. The van der Waals surface area contributed by atoms with Gasteiger partial charge in [0.1, 0.15) is 30.5 Å². The second-order valence-electron chi connectivity index (χ2n) is 15.5. The molecule has 1 unspecified atom stereocenters. The van der Waals surface area contributed by atoms with Crippen LogP contribution in [0.4, 0.5) is 0 Å². The first-order valence-corrected chi connectivity index (χ1v) is 17.3. The number of carbonyl (C=O) groups is 5. The van der Waals surface area contributed by atoms with E-state index in [9.17, 15) is 24.0 Å². The molecule has 0 spiro atoms. The van der Waals surface area contributed by atoms with Gasteiger partial charge in [-0.05, 0) is 61.2 Å². The summed E-state index contributed by atoms with van der Waals surface area (Å²) in [5.41, 5.74) is -0.693. The first kappa shape index (κ1) is 36.2. The first-order chi connectivity index (χ1) is 21.4. The minimum Gasteiger partial charge on any atom is -0.462 e. The average Bonchev–Trinajstić information content (AvgIpc) is 3.28. The second-order valence-corrected chi connectivity index (χ2v) is 15.5. The van der Waals surface area contributed by atoms with Crippen molar-refractivity contribution in [2.45, 2.75) is 145 Å². The summed E-state index contributed by atoms with van der Waals surface area (Å²) in [5.74, 6) is -2.05. The van der Waals surface area contributed by atoms with Crippen LogP contribution in [0.15, 0.2) is 0 Å². The molecule has 0 radical (unpaired) electrons. The number of hydrogen-bond acceptors (Lipinski definition) is 10. The van der Waals surface area contributed by atoms with Crippen molar-refractivity contribution >= 4 is 29.8 Å². The first-order valence-electron chi connectivity index (χ1n) is 17.3. The van der Waals surface area contributed by atoms with Gasteiger partial charge in [-0.3, -0.25) is 24.0 Å².